The topological polar surface area (TPSA) is 36.9 Å². The summed E-state index contributed by atoms with van der Waals surface area (Å²) in [5.41, 5.74) is -1.01. The van der Waals surface area contributed by atoms with Crippen LogP contribution in [0, 0.1) is 5.92 Å². The van der Waals surface area contributed by atoms with E-state index in [1.165, 1.54) is 19.3 Å². The zero-order chi connectivity index (χ0) is 17.5. The van der Waals surface area contributed by atoms with E-state index in [1.54, 1.807) is 7.11 Å². The van der Waals surface area contributed by atoms with Gasteiger partial charge in [0.05, 0.1) is 16.8 Å². The van der Waals surface area contributed by atoms with Crippen LogP contribution in [0.5, 0.6) is 0 Å². The van der Waals surface area contributed by atoms with Crippen molar-refractivity contribution < 1.29 is 18.7 Å². The number of rotatable bonds is 7. The summed E-state index contributed by atoms with van der Waals surface area (Å²) < 4.78 is 23.9. The molecule has 0 spiro atoms. The molecule has 0 amide bonds. The molecule has 0 bridgehead atoms. The first-order valence-corrected chi connectivity index (χ1v) is 9.74. The molecule has 1 heterocycles. The Morgan fingerprint density at radius 2 is 1.70 bits per heavy atom. The molecule has 1 saturated carbocycles. The Bertz CT molecular complexity index is 410. The van der Waals surface area contributed by atoms with Crippen molar-refractivity contribution in [2.24, 2.45) is 5.92 Å². The van der Waals surface area contributed by atoms with Crippen LogP contribution >= 0.6 is 22.6 Å². The van der Waals surface area contributed by atoms with Gasteiger partial charge in [0.1, 0.15) is 3.61 Å². The van der Waals surface area contributed by atoms with Gasteiger partial charge in [-0.05, 0) is 76.5 Å². The fourth-order valence-electron chi connectivity index (χ4n) is 2.93. The van der Waals surface area contributed by atoms with Gasteiger partial charge in [-0.2, -0.15) is 0 Å². The van der Waals surface area contributed by atoms with E-state index in [4.69, 9.17) is 18.7 Å². The van der Waals surface area contributed by atoms with Crippen molar-refractivity contribution in [2.45, 2.75) is 87.6 Å². The van der Waals surface area contributed by atoms with Crippen molar-refractivity contribution >= 4 is 37.0 Å². The van der Waals surface area contributed by atoms with Crippen molar-refractivity contribution in [1.29, 1.82) is 0 Å². The Hall–Kier alpha value is 0.700. The summed E-state index contributed by atoms with van der Waals surface area (Å²) in [5.74, 6) is 0.736. The number of halogens is 1. The molecule has 1 unspecified atom stereocenters. The number of methoxy groups -OCH3 is 1. The van der Waals surface area contributed by atoms with Gasteiger partial charge in [-0.25, -0.2) is 0 Å². The van der Waals surface area contributed by atoms with E-state index in [0.717, 1.165) is 12.3 Å². The van der Waals surface area contributed by atoms with Gasteiger partial charge < -0.3 is 18.7 Å². The summed E-state index contributed by atoms with van der Waals surface area (Å²) in [5, 5.41) is 0. The fraction of sp³-hybridized carbons (Fsp3) is 1.00. The highest BCUT2D eigenvalue weighted by molar-refractivity contribution is 14.1. The molecule has 2 aliphatic rings. The second kappa shape index (κ2) is 6.78. The molecule has 1 atom stereocenters. The molecule has 2 rings (SSSR count). The summed E-state index contributed by atoms with van der Waals surface area (Å²) in [6, 6.07) is 0. The van der Waals surface area contributed by atoms with Crippen LogP contribution in [0.25, 0.3) is 0 Å². The van der Waals surface area contributed by atoms with E-state index in [2.05, 4.69) is 64.1 Å². The van der Waals surface area contributed by atoms with Gasteiger partial charge in [0.2, 0.25) is 0 Å². The van der Waals surface area contributed by atoms with E-state index in [9.17, 15) is 0 Å². The second-order valence-electron chi connectivity index (χ2n) is 8.44. The first-order chi connectivity index (χ1) is 10.4. The minimum atomic E-state index is -0.381. The standard InChI is InChI=1S/C16H31B2IO4/c1-13(2)14(3,4)23-18(22-13)17-21-16(19,15(5,6)20-7)11-12-9-8-10-12/h12,17H,8-11H2,1-7H3. The number of ether oxygens (including phenoxy) is 1. The summed E-state index contributed by atoms with van der Waals surface area (Å²) in [6.07, 6.45) is 4.94. The molecule has 7 heteroatoms. The highest BCUT2D eigenvalue weighted by atomic mass is 127. The summed E-state index contributed by atoms with van der Waals surface area (Å²) in [6.45, 7) is 12.5. The highest BCUT2D eigenvalue weighted by Crippen LogP contribution is 2.46. The van der Waals surface area contributed by atoms with Crippen LogP contribution in [0.1, 0.15) is 67.2 Å². The number of hydrogen-bond acceptors (Lipinski definition) is 4. The average molecular weight is 436 g/mol. The lowest BCUT2D eigenvalue weighted by Gasteiger charge is -2.45. The predicted octanol–water partition coefficient (Wildman–Crippen LogP) is 3.69. The van der Waals surface area contributed by atoms with Gasteiger partial charge in [-0.3, -0.25) is 0 Å². The molecule has 23 heavy (non-hydrogen) atoms. The van der Waals surface area contributed by atoms with Crippen molar-refractivity contribution in [3.8, 4) is 0 Å². The van der Waals surface area contributed by atoms with Crippen LogP contribution < -0.4 is 0 Å². The van der Waals surface area contributed by atoms with Crippen LogP contribution in [0.2, 0.25) is 0 Å². The van der Waals surface area contributed by atoms with Gasteiger partial charge in [0.25, 0.3) is 0 Å². The smallest absolute Gasteiger partial charge is 0.426 e. The van der Waals surface area contributed by atoms with E-state index in [0.29, 0.717) is 7.37 Å². The lowest BCUT2D eigenvalue weighted by molar-refractivity contribution is -0.0862. The zero-order valence-corrected chi connectivity index (χ0v) is 17.9. The lowest BCUT2D eigenvalue weighted by Crippen LogP contribution is -2.52. The van der Waals surface area contributed by atoms with Gasteiger partial charge in [0.15, 0.2) is 0 Å². The van der Waals surface area contributed by atoms with E-state index >= 15 is 0 Å². The number of hydrogen-bond donors (Lipinski definition) is 0. The maximum absolute atomic E-state index is 6.37. The molecular weight excluding hydrogens is 405 g/mol. The van der Waals surface area contributed by atoms with Crippen LogP contribution in [-0.2, 0) is 18.7 Å². The molecule has 0 N–H and O–H groups in total. The molecular formula is C16H31B2IO4. The molecule has 0 aromatic heterocycles. The normalized spacial score (nSPS) is 26.7. The summed E-state index contributed by atoms with van der Waals surface area (Å²) in [4.78, 5) is 0. The maximum atomic E-state index is 6.37. The van der Waals surface area contributed by atoms with Crippen molar-refractivity contribution in [3.05, 3.63) is 0 Å². The van der Waals surface area contributed by atoms with Gasteiger partial charge in [0, 0.05) is 7.11 Å². The minimum absolute atomic E-state index is 0.320. The monoisotopic (exact) mass is 436 g/mol. The van der Waals surface area contributed by atoms with E-state index in [1.807, 2.05) is 0 Å². The van der Waals surface area contributed by atoms with E-state index in [-0.39, 0.29) is 27.4 Å². The van der Waals surface area contributed by atoms with Crippen LogP contribution in [0.3, 0.4) is 0 Å². The average Bonchev–Trinajstić information content (AvgIpc) is 2.60. The Kier molecular flexibility index (Phi) is 5.90. The third-order valence-electron chi connectivity index (χ3n) is 5.94. The Morgan fingerprint density at radius 1 is 1.17 bits per heavy atom. The first-order valence-electron chi connectivity index (χ1n) is 8.66. The third-order valence-corrected chi connectivity index (χ3v) is 7.99. The molecule has 1 saturated heterocycles. The van der Waals surface area contributed by atoms with Crippen molar-refractivity contribution in [3.63, 3.8) is 0 Å². The number of alkyl halides is 1. The second-order valence-corrected chi connectivity index (χ2v) is 10.2. The Balaban J connectivity index is 2.01. The van der Waals surface area contributed by atoms with Crippen LogP contribution in [0.15, 0.2) is 0 Å². The maximum Gasteiger partial charge on any atom is 0.441 e. The Morgan fingerprint density at radius 3 is 2.09 bits per heavy atom. The first kappa shape index (κ1) is 20.0. The largest absolute Gasteiger partial charge is 0.441 e. The van der Waals surface area contributed by atoms with Crippen LogP contribution in [0.4, 0.5) is 0 Å². The van der Waals surface area contributed by atoms with E-state index < -0.39 is 0 Å². The fourth-order valence-corrected chi connectivity index (χ4v) is 3.96. The molecule has 1 aliphatic heterocycles. The minimum Gasteiger partial charge on any atom is -0.426 e. The van der Waals surface area contributed by atoms with Gasteiger partial charge in [-0.15, -0.1) is 0 Å². The summed E-state index contributed by atoms with van der Waals surface area (Å²) in [7, 11) is 1.85. The molecule has 1 aliphatic carbocycles. The third kappa shape index (κ3) is 4.10. The van der Waals surface area contributed by atoms with Gasteiger partial charge in [-0.1, -0.05) is 19.3 Å². The molecule has 0 aromatic rings. The summed E-state index contributed by atoms with van der Waals surface area (Å²) >= 11 is 2.44. The quantitative estimate of drug-likeness (QED) is 0.347. The zero-order valence-electron chi connectivity index (χ0n) is 15.7. The molecule has 0 radical (unpaired) electrons. The molecule has 4 nitrogen and oxygen atoms in total. The molecule has 2 fully saturated rings. The predicted molar refractivity (Wildman–Crippen MR) is 104 cm³/mol. The SMILES string of the molecule is COC(C)(C)C(I)(CC1CCC1)OBB1OC(C)(C)C(C)(C)O1. The molecule has 132 valence electrons. The van der Waals surface area contributed by atoms with Crippen molar-refractivity contribution in [1.82, 2.24) is 0 Å². The molecule has 0 aromatic carbocycles. The highest BCUT2D eigenvalue weighted by Gasteiger charge is 2.53. The van der Waals surface area contributed by atoms with Gasteiger partial charge >= 0.3 is 14.4 Å². The lowest BCUT2D eigenvalue weighted by atomic mass is 9.56. The van der Waals surface area contributed by atoms with Crippen molar-refractivity contribution in [2.75, 3.05) is 7.11 Å². The Labute approximate surface area is 156 Å². The van der Waals surface area contributed by atoms with Crippen LogP contribution in [-0.4, -0.2) is 41.9 Å².